The van der Waals surface area contributed by atoms with E-state index in [9.17, 15) is 5.11 Å². The zero-order valence-electron chi connectivity index (χ0n) is 9.42. The first-order valence-electron chi connectivity index (χ1n) is 6.04. The zero-order valence-corrected chi connectivity index (χ0v) is 9.42. The molecule has 0 bridgehead atoms. The minimum absolute atomic E-state index is 0.0649. The molecule has 0 aromatic carbocycles. The van der Waals surface area contributed by atoms with Crippen LogP contribution in [0, 0.1) is 11.3 Å². The van der Waals surface area contributed by atoms with Crippen molar-refractivity contribution < 1.29 is 5.11 Å². The molecule has 1 fully saturated rings. The SMILES string of the molecule is CCC1CCC=C2CC(O)CCC21C. The molecule has 3 unspecified atom stereocenters. The third kappa shape index (κ3) is 1.52. The second kappa shape index (κ2) is 3.69. The van der Waals surface area contributed by atoms with Gasteiger partial charge >= 0.3 is 0 Å². The van der Waals surface area contributed by atoms with Gasteiger partial charge in [0.25, 0.3) is 0 Å². The highest BCUT2D eigenvalue weighted by Gasteiger charge is 2.41. The van der Waals surface area contributed by atoms with E-state index in [0.29, 0.717) is 5.41 Å². The lowest BCUT2D eigenvalue weighted by molar-refractivity contribution is 0.0730. The predicted molar refractivity (Wildman–Crippen MR) is 59.1 cm³/mol. The predicted octanol–water partition coefficient (Wildman–Crippen LogP) is 3.28. The largest absolute Gasteiger partial charge is 0.393 e. The van der Waals surface area contributed by atoms with Crippen molar-refractivity contribution in [2.24, 2.45) is 11.3 Å². The topological polar surface area (TPSA) is 20.2 Å². The molecule has 80 valence electrons. The summed E-state index contributed by atoms with van der Waals surface area (Å²) in [5.41, 5.74) is 1.97. The van der Waals surface area contributed by atoms with Gasteiger partial charge in [-0.25, -0.2) is 0 Å². The Hall–Kier alpha value is -0.300. The van der Waals surface area contributed by atoms with Gasteiger partial charge in [-0.3, -0.25) is 0 Å². The first kappa shape index (κ1) is 10.2. The summed E-state index contributed by atoms with van der Waals surface area (Å²) in [5, 5.41) is 9.68. The number of aliphatic hydroxyl groups excluding tert-OH is 1. The normalized spacial score (nSPS) is 42.9. The Bertz CT molecular complexity index is 244. The van der Waals surface area contributed by atoms with E-state index in [0.717, 1.165) is 18.8 Å². The summed E-state index contributed by atoms with van der Waals surface area (Å²) in [4.78, 5) is 0. The van der Waals surface area contributed by atoms with Crippen LogP contribution in [0.4, 0.5) is 0 Å². The van der Waals surface area contributed by atoms with Crippen LogP contribution in [0.5, 0.6) is 0 Å². The summed E-state index contributed by atoms with van der Waals surface area (Å²) in [5.74, 6) is 0.856. The van der Waals surface area contributed by atoms with Crippen molar-refractivity contribution in [1.82, 2.24) is 0 Å². The Morgan fingerprint density at radius 2 is 2.29 bits per heavy atom. The van der Waals surface area contributed by atoms with E-state index in [1.165, 1.54) is 25.7 Å². The quantitative estimate of drug-likeness (QED) is 0.635. The third-order valence-electron chi connectivity index (χ3n) is 4.49. The Labute approximate surface area is 87.2 Å². The first-order chi connectivity index (χ1) is 6.66. The van der Waals surface area contributed by atoms with Gasteiger partial charge in [0.15, 0.2) is 0 Å². The van der Waals surface area contributed by atoms with Gasteiger partial charge in [-0.1, -0.05) is 31.9 Å². The average Bonchev–Trinajstić information content (AvgIpc) is 2.18. The Morgan fingerprint density at radius 1 is 1.50 bits per heavy atom. The molecule has 0 saturated heterocycles. The van der Waals surface area contributed by atoms with E-state index < -0.39 is 0 Å². The van der Waals surface area contributed by atoms with Gasteiger partial charge in [0.05, 0.1) is 6.10 Å². The summed E-state index contributed by atoms with van der Waals surface area (Å²) in [7, 11) is 0. The van der Waals surface area contributed by atoms with Crippen molar-refractivity contribution in [3.05, 3.63) is 11.6 Å². The highest BCUT2D eigenvalue weighted by molar-refractivity contribution is 5.21. The van der Waals surface area contributed by atoms with Crippen LogP contribution in [0.15, 0.2) is 11.6 Å². The molecule has 0 aromatic heterocycles. The molecule has 1 saturated carbocycles. The van der Waals surface area contributed by atoms with Crippen molar-refractivity contribution in [3.63, 3.8) is 0 Å². The van der Waals surface area contributed by atoms with Crippen molar-refractivity contribution in [2.75, 3.05) is 0 Å². The monoisotopic (exact) mass is 194 g/mol. The molecule has 2 aliphatic rings. The highest BCUT2D eigenvalue weighted by Crippen LogP contribution is 2.51. The Morgan fingerprint density at radius 3 is 3.00 bits per heavy atom. The van der Waals surface area contributed by atoms with E-state index in [1.54, 1.807) is 5.57 Å². The van der Waals surface area contributed by atoms with Gasteiger partial charge in [0.2, 0.25) is 0 Å². The summed E-state index contributed by atoms with van der Waals surface area (Å²) in [6, 6.07) is 0. The lowest BCUT2D eigenvalue weighted by Crippen LogP contribution is -2.37. The number of hydrogen-bond acceptors (Lipinski definition) is 1. The Balaban J connectivity index is 2.23. The standard InChI is InChI=1S/C13H22O/c1-3-10-5-4-6-11-9-12(14)7-8-13(10,11)2/h6,10,12,14H,3-5,7-9H2,1-2H3. The van der Waals surface area contributed by atoms with E-state index in [-0.39, 0.29) is 6.10 Å². The van der Waals surface area contributed by atoms with Crippen LogP contribution < -0.4 is 0 Å². The van der Waals surface area contributed by atoms with E-state index in [2.05, 4.69) is 19.9 Å². The van der Waals surface area contributed by atoms with Crippen molar-refractivity contribution in [1.29, 1.82) is 0 Å². The summed E-state index contributed by atoms with van der Waals surface area (Å²) >= 11 is 0. The lowest BCUT2D eigenvalue weighted by Gasteiger charge is -2.46. The molecule has 3 atom stereocenters. The maximum atomic E-state index is 9.68. The molecule has 1 nitrogen and oxygen atoms in total. The fourth-order valence-corrected chi connectivity index (χ4v) is 3.43. The molecular formula is C13H22O. The third-order valence-corrected chi connectivity index (χ3v) is 4.49. The number of allylic oxidation sites excluding steroid dienone is 1. The number of hydrogen-bond donors (Lipinski definition) is 1. The van der Waals surface area contributed by atoms with Crippen LogP contribution >= 0.6 is 0 Å². The van der Waals surface area contributed by atoms with Gasteiger partial charge in [-0.2, -0.15) is 0 Å². The van der Waals surface area contributed by atoms with Gasteiger partial charge in [0.1, 0.15) is 0 Å². The highest BCUT2D eigenvalue weighted by atomic mass is 16.3. The van der Waals surface area contributed by atoms with E-state index in [1.807, 2.05) is 0 Å². The molecule has 1 heteroatoms. The summed E-state index contributed by atoms with van der Waals surface area (Å²) < 4.78 is 0. The van der Waals surface area contributed by atoms with Crippen LogP contribution in [0.25, 0.3) is 0 Å². The fraction of sp³-hybridized carbons (Fsp3) is 0.846. The fourth-order valence-electron chi connectivity index (χ4n) is 3.43. The van der Waals surface area contributed by atoms with Crippen molar-refractivity contribution in [3.8, 4) is 0 Å². The zero-order chi connectivity index (χ0) is 10.2. The van der Waals surface area contributed by atoms with Crippen molar-refractivity contribution in [2.45, 2.75) is 58.5 Å². The second-order valence-corrected chi connectivity index (χ2v) is 5.23. The maximum Gasteiger partial charge on any atom is 0.0577 e. The van der Waals surface area contributed by atoms with Gasteiger partial charge < -0.3 is 5.11 Å². The lowest BCUT2D eigenvalue weighted by atomic mass is 9.59. The van der Waals surface area contributed by atoms with Crippen LogP contribution in [0.1, 0.15) is 52.4 Å². The molecule has 2 aliphatic carbocycles. The molecule has 0 heterocycles. The number of aliphatic hydroxyl groups is 1. The summed E-state index contributed by atoms with van der Waals surface area (Å²) in [6.45, 7) is 4.72. The number of fused-ring (bicyclic) bond motifs is 1. The first-order valence-corrected chi connectivity index (χ1v) is 6.04. The van der Waals surface area contributed by atoms with Crippen LogP contribution in [-0.2, 0) is 0 Å². The van der Waals surface area contributed by atoms with Crippen LogP contribution in [0.2, 0.25) is 0 Å². The molecule has 0 radical (unpaired) electrons. The van der Waals surface area contributed by atoms with Gasteiger partial charge in [0, 0.05) is 0 Å². The van der Waals surface area contributed by atoms with Gasteiger partial charge in [-0.15, -0.1) is 0 Å². The number of rotatable bonds is 1. The van der Waals surface area contributed by atoms with Crippen molar-refractivity contribution >= 4 is 0 Å². The van der Waals surface area contributed by atoms with E-state index in [4.69, 9.17) is 0 Å². The van der Waals surface area contributed by atoms with Crippen LogP contribution in [0.3, 0.4) is 0 Å². The second-order valence-electron chi connectivity index (χ2n) is 5.23. The average molecular weight is 194 g/mol. The maximum absolute atomic E-state index is 9.68. The minimum atomic E-state index is -0.0649. The molecule has 14 heavy (non-hydrogen) atoms. The van der Waals surface area contributed by atoms with Gasteiger partial charge in [-0.05, 0) is 43.4 Å². The molecule has 1 N–H and O–H groups in total. The van der Waals surface area contributed by atoms with E-state index >= 15 is 0 Å². The molecule has 0 spiro atoms. The molecule has 0 aliphatic heterocycles. The van der Waals surface area contributed by atoms with Crippen LogP contribution in [-0.4, -0.2) is 11.2 Å². The molecule has 0 aromatic rings. The molecule has 0 amide bonds. The Kier molecular flexibility index (Phi) is 2.70. The molecule has 2 rings (SSSR count). The smallest absolute Gasteiger partial charge is 0.0577 e. The summed E-state index contributed by atoms with van der Waals surface area (Å²) in [6.07, 6.45) is 9.35. The minimum Gasteiger partial charge on any atom is -0.393 e. The molecular weight excluding hydrogens is 172 g/mol.